The first-order valence-corrected chi connectivity index (χ1v) is 7.04. The fraction of sp³-hybridized carbons (Fsp3) is 0.0556. The van der Waals surface area contributed by atoms with Crippen LogP contribution < -0.4 is 4.74 Å². The van der Waals surface area contributed by atoms with Crippen molar-refractivity contribution in [2.75, 3.05) is 7.11 Å². The molecule has 0 atom stereocenters. The van der Waals surface area contributed by atoms with Crippen LogP contribution in [0.25, 0.3) is 23.4 Å². The quantitative estimate of drug-likeness (QED) is 0.748. The largest absolute Gasteiger partial charge is 0.497 e. The zero-order valence-corrected chi connectivity index (χ0v) is 12.5. The van der Waals surface area contributed by atoms with Crippen LogP contribution in [0.1, 0.15) is 16.8 Å². The Morgan fingerprint density at radius 3 is 2.57 bits per heavy atom. The average Bonchev–Trinajstić information content (AvgIpc) is 3.09. The smallest absolute Gasteiger partial charge is 0.163 e. The summed E-state index contributed by atoms with van der Waals surface area (Å²) in [5.74, 6) is 0.821. The van der Waals surface area contributed by atoms with E-state index in [1.807, 2.05) is 60.7 Å². The van der Waals surface area contributed by atoms with Crippen LogP contribution in [-0.4, -0.2) is 22.5 Å². The molecule has 3 aromatic rings. The van der Waals surface area contributed by atoms with Crippen molar-refractivity contribution in [1.29, 1.82) is 5.26 Å². The molecule has 0 saturated carbocycles. The van der Waals surface area contributed by atoms with Crippen molar-refractivity contribution in [1.82, 2.24) is 15.4 Å². The topological polar surface area (TPSA) is 74.6 Å². The fourth-order valence-corrected chi connectivity index (χ4v) is 2.24. The van der Waals surface area contributed by atoms with Gasteiger partial charge in [-0.05, 0) is 29.3 Å². The molecular formula is C18H14N4O. The summed E-state index contributed by atoms with van der Waals surface area (Å²) >= 11 is 0. The number of ether oxygens (including phenoxy) is 1. The summed E-state index contributed by atoms with van der Waals surface area (Å²) in [6, 6.07) is 17.7. The Labute approximate surface area is 133 Å². The van der Waals surface area contributed by atoms with Gasteiger partial charge in [-0.1, -0.05) is 47.7 Å². The maximum atomic E-state index is 9.05. The van der Waals surface area contributed by atoms with Crippen LogP contribution in [-0.2, 0) is 0 Å². The minimum absolute atomic E-state index is 0.360. The van der Waals surface area contributed by atoms with E-state index in [2.05, 4.69) is 21.5 Å². The van der Waals surface area contributed by atoms with Crippen LogP contribution in [0.15, 0.2) is 48.5 Å². The van der Waals surface area contributed by atoms with Gasteiger partial charge in [0.15, 0.2) is 5.69 Å². The van der Waals surface area contributed by atoms with Gasteiger partial charge in [-0.15, -0.1) is 5.10 Å². The molecule has 112 valence electrons. The molecular weight excluding hydrogens is 288 g/mol. The highest BCUT2D eigenvalue weighted by Crippen LogP contribution is 2.21. The first-order valence-electron chi connectivity index (χ1n) is 7.04. The van der Waals surface area contributed by atoms with E-state index in [-0.39, 0.29) is 0 Å². The van der Waals surface area contributed by atoms with Crippen LogP contribution in [0.5, 0.6) is 5.75 Å². The lowest BCUT2D eigenvalue weighted by atomic mass is 10.1. The number of methoxy groups -OCH3 is 1. The molecule has 0 aliphatic rings. The number of nitrogens with one attached hydrogen (secondary N) is 1. The van der Waals surface area contributed by atoms with Crippen LogP contribution in [0, 0.1) is 11.3 Å². The summed E-state index contributed by atoms with van der Waals surface area (Å²) in [6.07, 6.45) is 4.01. The second-order valence-corrected chi connectivity index (χ2v) is 4.88. The summed E-state index contributed by atoms with van der Waals surface area (Å²) in [7, 11) is 1.65. The van der Waals surface area contributed by atoms with Crippen molar-refractivity contribution in [3.63, 3.8) is 0 Å². The second kappa shape index (κ2) is 6.58. The third-order valence-corrected chi connectivity index (χ3v) is 3.38. The Morgan fingerprint density at radius 1 is 1.09 bits per heavy atom. The highest BCUT2D eigenvalue weighted by atomic mass is 16.5. The molecule has 0 saturated heterocycles. The lowest BCUT2D eigenvalue weighted by Crippen LogP contribution is -1.84. The zero-order chi connectivity index (χ0) is 16.1. The average molecular weight is 302 g/mol. The van der Waals surface area contributed by atoms with Gasteiger partial charge in [-0.3, -0.25) is 0 Å². The summed E-state index contributed by atoms with van der Waals surface area (Å²) < 4.78 is 5.22. The molecule has 0 aliphatic carbocycles. The van der Waals surface area contributed by atoms with Gasteiger partial charge in [-0.25, -0.2) is 5.10 Å². The van der Waals surface area contributed by atoms with E-state index in [0.29, 0.717) is 11.4 Å². The predicted molar refractivity (Wildman–Crippen MR) is 88.5 cm³/mol. The molecule has 0 spiro atoms. The normalized spacial score (nSPS) is 10.6. The van der Waals surface area contributed by atoms with Crippen molar-refractivity contribution >= 4 is 12.2 Å². The first-order chi connectivity index (χ1) is 11.3. The molecule has 1 aromatic heterocycles. The van der Waals surface area contributed by atoms with Gasteiger partial charge in [0, 0.05) is 5.56 Å². The molecule has 0 bridgehead atoms. The third kappa shape index (κ3) is 3.27. The van der Waals surface area contributed by atoms with Gasteiger partial charge < -0.3 is 4.74 Å². The Kier molecular flexibility index (Phi) is 4.16. The molecule has 0 amide bonds. The second-order valence-electron chi connectivity index (χ2n) is 4.88. The molecule has 5 heteroatoms. The van der Waals surface area contributed by atoms with Gasteiger partial charge >= 0.3 is 0 Å². The Morgan fingerprint density at radius 2 is 1.83 bits per heavy atom. The molecule has 3 rings (SSSR count). The summed E-state index contributed by atoms with van der Waals surface area (Å²) in [4.78, 5) is 0. The van der Waals surface area contributed by atoms with Crippen molar-refractivity contribution in [2.45, 2.75) is 0 Å². The fourth-order valence-electron chi connectivity index (χ4n) is 2.24. The Bertz CT molecular complexity index is 890. The van der Waals surface area contributed by atoms with Gasteiger partial charge in [0.05, 0.1) is 7.11 Å². The number of aromatic nitrogens is 3. The molecule has 2 aromatic carbocycles. The van der Waals surface area contributed by atoms with E-state index in [1.54, 1.807) is 7.11 Å². The number of H-pyrrole nitrogens is 1. The van der Waals surface area contributed by atoms with E-state index >= 15 is 0 Å². The maximum Gasteiger partial charge on any atom is 0.163 e. The lowest BCUT2D eigenvalue weighted by Gasteiger charge is -2.01. The standard InChI is InChI=1S/C18H14N4O/c1-23-16-7-3-5-14(11-16)9-8-13-4-2-6-15(10-13)18-17(12-19)20-22-21-18/h2-11H,1H3,(H,20,21,22)/b9-8+. The summed E-state index contributed by atoms with van der Waals surface area (Å²) in [5.41, 5.74) is 3.83. The van der Waals surface area contributed by atoms with E-state index in [4.69, 9.17) is 10.00 Å². The molecule has 0 fully saturated rings. The number of hydrogen-bond acceptors (Lipinski definition) is 4. The summed E-state index contributed by atoms with van der Waals surface area (Å²) in [6.45, 7) is 0. The van der Waals surface area contributed by atoms with Crippen LogP contribution in [0.3, 0.4) is 0 Å². The van der Waals surface area contributed by atoms with E-state index in [9.17, 15) is 0 Å². The van der Waals surface area contributed by atoms with Crippen LogP contribution >= 0.6 is 0 Å². The van der Waals surface area contributed by atoms with Crippen molar-refractivity contribution in [3.8, 4) is 23.1 Å². The van der Waals surface area contributed by atoms with Gasteiger partial charge in [0.25, 0.3) is 0 Å². The minimum atomic E-state index is 0.360. The van der Waals surface area contributed by atoms with E-state index in [0.717, 1.165) is 22.4 Å². The minimum Gasteiger partial charge on any atom is -0.497 e. The molecule has 1 heterocycles. The lowest BCUT2D eigenvalue weighted by molar-refractivity contribution is 0.414. The van der Waals surface area contributed by atoms with Gasteiger partial charge in [-0.2, -0.15) is 5.26 Å². The van der Waals surface area contributed by atoms with Crippen LogP contribution in [0.4, 0.5) is 0 Å². The number of aromatic amines is 1. The molecule has 5 nitrogen and oxygen atoms in total. The number of nitrogens with zero attached hydrogens (tertiary/aromatic N) is 3. The molecule has 23 heavy (non-hydrogen) atoms. The third-order valence-electron chi connectivity index (χ3n) is 3.38. The number of hydrogen-bond donors (Lipinski definition) is 1. The zero-order valence-electron chi connectivity index (χ0n) is 12.5. The van der Waals surface area contributed by atoms with Gasteiger partial charge in [0.1, 0.15) is 17.5 Å². The maximum absolute atomic E-state index is 9.05. The first kappa shape index (κ1) is 14.5. The Hall–Kier alpha value is -3.39. The van der Waals surface area contributed by atoms with E-state index in [1.165, 1.54) is 0 Å². The SMILES string of the molecule is COc1cccc(/C=C/c2cccc(-c3nn[nH]c3C#N)c2)c1. The molecule has 0 aliphatic heterocycles. The monoisotopic (exact) mass is 302 g/mol. The molecule has 0 radical (unpaired) electrons. The Balaban J connectivity index is 1.88. The highest BCUT2D eigenvalue weighted by molar-refractivity contribution is 5.74. The van der Waals surface area contributed by atoms with Crippen molar-refractivity contribution in [2.24, 2.45) is 0 Å². The highest BCUT2D eigenvalue weighted by Gasteiger charge is 2.08. The van der Waals surface area contributed by atoms with Crippen molar-refractivity contribution in [3.05, 3.63) is 65.4 Å². The summed E-state index contributed by atoms with van der Waals surface area (Å²) in [5, 5.41) is 19.3. The number of rotatable bonds is 4. The molecule has 1 N–H and O–H groups in total. The number of benzene rings is 2. The van der Waals surface area contributed by atoms with Gasteiger partial charge in [0.2, 0.25) is 0 Å². The number of nitriles is 1. The van der Waals surface area contributed by atoms with Crippen molar-refractivity contribution < 1.29 is 4.74 Å². The molecule has 0 unspecified atom stereocenters. The van der Waals surface area contributed by atoms with E-state index < -0.39 is 0 Å². The predicted octanol–water partition coefficient (Wildman–Crippen LogP) is 3.52. The van der Waals surface area contributed by atoms with Crippen LogP contribution in [0.2, 0.25) is 0 Å².